The number of hydrogen-bond donors (Lipinski definition) is 0. The number of fused-ring (bicyclic) bond motifs is 1. The van der Waals surface area contributed by atoms with Crippen LogP contribution in [0.1, 0.15) is 68.2 Å². The predicted octanol–water partition coefficient (Wildman–Crippen LogP) is 4.23. The summed E-state index contributed by atoms with van der Waals surface area (Å²) >= 11 is 0. The Morgan fingerprint density at radius 3 is 2.19 bits per heavy atom. The highest BCUT2D eigenvalue weighted by Gasteiger charge is 2.63. The van der Waals surface area contributed by atoms with Crippen molar-refractivity contribution < 1.29 is 23.1 Å². The predicted molar refractivity (Wildman–Crippen MR) is 105 cm³/mol. The van der Waals surface area contributed by atoms with Crippen LogP contribution in [0.5, 0.6) is 0 Å². The van der Waals surface area contributed by atoms with Crippen LogP contribution < -0.4 is 0 Å². The van der Waals surface area contributed by atoms with E-state index in [1.807, 2.05) is 0 Å². The molecule has 0 amide bonds. The summed E-state index contributed by atoms with van der Waals surface area (Å²) in [6.07, 6.45) is 1.03. The minimum Gasteiger partial charge on any atom is -0.391 e. The molecule has 0 aromatic carbocycles. The third-order valence-electron chi connectivity index (χ3n) is 5.79. The summed E-state index contributed by atoms with van der Waals surface area (Å²) in [5.41, 5.74) is 0. The maximum atomic E-state index is 11.5. The van der Waals surface area contributed by atoms with E-state index in [9.17, 15) is 4.79 Å². The molecule has 0 radical (unpaired) electrons. The molecule has 0 saturated carbocycles. The van der Waals surface area contributed by atoms with Gasteiger partial charge in [0.15, 0.2) is 0 Å². The Hall–Kier alpha value is -0.273. The van der Waals surface area contributed by atoms with Crippen LogP contribution >= 0.6 is 0 Å². The summed E-state index contributed by atoms with van der Waals surface area (Å²) < 4.78 is 25.4. The molecule has 2 aliphatic heterocycles. The van der Waals surface area contributed by atoms with Crippen LogP contribution in [0.25, 0.3) is 0 Å². The van der Waals surface area contributed by atoms with Crippen molar-refractivity contribution in [2.24, 2.45) is 5.92 Å². The van der Waals surface area contributed by atoms with Gasteiger partial charge >= 0.3 is 8.56 Å². The Labute approximate surface area is 160 Å². The van der Waals surface area contributed by atoms with E-state index < -0.39 is 8.56 Å². The average molecular weight is 387 g/mol. The van der Waals surface area contributed by atoms with Gasteiger partial charge in [-0.25, -0.2) is 0 Å². The Morgan fingerprint density at radius 1 is 1.15 bits per heavy atom. The SMILES string of the molecule is CO[C@H]1C[C@H]2O[Si](C(C)(C)C)(C(C)(C)C)OCC2O[C@H]1[C@@H](C)CC(C)=O. The molecular formula is C20H38O5Si. The van der Waals surface area contributed by atoms with Crippen molar-refractivity contribution in [1.82, 2.24) is 0 Å². The zero-order valence-corrected chi connectivity index (χ0v) is 19.0. The zero-order valence-electron chi connectivity index (χ0n) is 18.0. The molecule has 0 aromatic rings. The van der Waals surface area contributed by atoms with Gasteiger partial charge in [0.1, 0.15) is 11.9 Å². The number of hydrogen-bond acceptors (Lipinski definition) is 5. The molecule has 0 N–H and O–H groups in total. The Bertz CT molecular complexity index is 493. The molecule has 2 saturated heterocycles. The highest BCUT2D eigenvalue weighted by Crippen LogP contribution is 2.55. The zero-order chi connectivity index (χ0) is 19.9. The number of carbonyl (C=O) groups is 1. The van der Waals surface area contributed by atoms with E-state index in [1.165, 1.54) is 0 Å². The fourth-order valence-corrected chi connectivity index (χ4v) is 9.79. The average Bonchev–Trinajstić information content (AvgIpc) is 2.50. The first-order chi connectivity index (χ1) is 11.8. The lowest BCUT2D eigenvalue weighted by molar-refractivity contribution is -0.216. The Balaban J connectivity index is 2.22. The number of carbonyl (C=O) groups excluding carboxylic acids is 1. The quantitative estimate of drug-likeness (QED) is 0.677. The molecule has 2 fully saturated rings. The molecule has 26 heavy (non-hydrogen) atoms. The first-order valence-corrected chi connectivity index (χ1v) is 11.6. The molecule has 0 aromatic heterocycles. The van der Waals surface area contributed by atoms with Gasteiger partial charge in [-0.15, -0.1) is 0 Å². The maximum absolute atomic E-state index is 11.5. The molecule has 5 atom stereocenters. The maximum Gasteiger partial charge on any atom is 0.349 e. The Kier molecular flexibility index (Phi) is 6.46. The van der Waals surface area contributed by atoms with E-state index in [0.717, 1.165) is 6.42 Å². The fraction of sp³-hybridized carbons (Fsp3) is 0.950. The molecular weight excluding hydrogens is 348 g/mol. The third-order valence-corrected chi connectivity index (χ3v) is 11.0. The van der Waals surface area contributed by atoms with Crippen molar-refractivity contribution in [3.63, 3.8) is 0 Å². The van der Waals surface area contributed by atoms with Gasteiger partial charge in [-0.05, 0) is 12.8 Å². The van der Waals surface area contributed by atoms with E-state index in [2.05, 4.69) is 48.5 Å². The molecule has 0 spiro atoms. The standard InChI is InChI=1S/C20H38O5Si/c1-13(10-14(2)21)18-16(22-9)11-15-17(24-18)12-23-26(25-15,19(3,4)5)20(6,7)8/h13,15-18H,10-12H2,1-9H3/t13-,15+,16-,17?,18-/m0/s1. The molecule has 152 valence electrons. The van der Waals surface area contributed by atoms with Gasteiger partial charge in [-0.1, -0.05) is 48.5 Å². The van der Waals surface area contributed by atoms with E-state index >= 15 is 0 Å². The van der Waals surface area contributed by atoms with Crippen molar-refractivity contribution in [3.05, 3.63) is 0 Å². The minimum atomic E-state index is -2.50. The van der Waals surface area contributed by atoms with Crippen molar-refractivity contribution >= 4 is 14.3 Å². The van der Waals surface area contributed by atoms with Crippen molar-refractivity contribution in [2.75, 3.05) is 13.7 Å². The molecule has 2 aliphatic rings. The number of ketones is 1. The van der Waals surface area contributed by atoms with Gasteiger partial charge in [0.05, 0.1) is 24.9 Å². The van der Waals surface area contributed by atoms with Crippen LogP contribution in [-0.2, 0) is 23.1 Å². The third kappa shape index (κ3) is 4.09. The van der Waals surface area contributed by atoms with E-state index in [-0.39, 0.29) is 46.2 Å². The van der Waals surface area contributed by atoms with Gasteiger partial charge in [-0.2, -0.15) is 0 Å². The summed E-state index contributed by atoms with van der Waals surface area (Å²) in [4.78, 5) is 11.5. The molecule has 5 nitrogen and oxygen atoms in total. The number of methoxy groups -OCH3 is 1. The van der Waals surface area contributed by atoms with Crippen LogP contribution in [-0.4, -0.2) is 52.5 Å². The summed E-state index contributed by atoms with van der Waals surface area (Å²) in [5.74, 6) is 0.300. The highest BCUT2D eigenvalue weighted by molar-refractivity contribution is 6.73. The summed E-state index contributed by atoms with van der Waals surface area (Å²) in [6.45, 7) is 17.6. The number of Topliss-reactive ketones (excluding diaryl/α,β-unsaturated/α-hetero) is 1. The molecule has 6 heteroatoms. The topological polar surface area (TPSA) is 54.0 Å². The van der Waals surface area contributed by atoms with Crippen LogP contribution in [0, 0.1) is 5.92 Å². The summed E-state index contributed by atoms with van der Waals surface area (Å²) in [5, 5.41) is -0.0882. The van der Waals surface area contributed by atoms with Gasteiger partial charge in [0.2, 0.25) is 0 Å². The second kappa shape index (κ2) is 7.63. The van der Waals surface area contributed by atoms with Crippen LogP contribution in [0.15, 0.2) is 0 Å². The monoisotopic (exact) mass is 386 g/mol. The first kappa shape index (κ1) is 22.0. The van der Waals surface area contributed by atoms with Crippen LogP contribution in [0.2, 0.25) is 10.1 Å². The molecule has 0 aliphatic carbocycles. The van der Waals surface area contributed by atoms with Crippen molar-refractivity contribution in [1.29, 1.82) is 0 Å². The second-order valence-corrected chi connectivity index (χ2v) is 14.9. The smallest absolute Gasteiger partial charge is 0.349 e. The normalized spacial score (nSPS) is 33.4. The van der Waals surface area contributed by atoms with Gasteiger partial charge in [0.25, 0.3) is 0 Å². The van der Waals surface area contributed by atoms with Crippen molar-refractivity contribution in [3.8, 4) is 0 Å². The minimum absolute atomic E-state index is 0.0143. The van der Waals surface area contributed by atoms with Crippen LogP contribution in [0.4, 0.5) is 0 Å². The second-order valence-electron chi connectivity index (χ2n) is 10.1. The lowest BCUT2D eigenvalue weighted by atomic mass is 9.88. The first-order valence-electron chi connectivity index (χ1n) is 9.82. The van der Waals surface area contributed by atoms with E-state index in [4.69, 9.17) is 18.3 Å². The fourth-order valence-electron chi connectivity index (χ4n) is 4.82. The van der Waals surface area contributed by atoms with Crippen LogP contribution in [0.3, 0.4) is 0 Å². The molecule has 0 bridgehead atoms. The lowest BCUT2D eigenvalue weighted by Gasteiger charge is -2.57. The van der Waals surface area contributed by atoms with Crippen molar-refractivity contribution in [2.45, 2.75) is 103 Å². The number of rotatable bonds is 4. The molecule has 1 unspecified atom stereocenters. The Morgan fingerprint density at radius 2 is 1.73 bits per heavy atom. The largest absolute Gasteiger partial charge is 0.391 e. The van der Waals surface area contributed by atoms with Gasteiger partial charge < -0.3 is 23.1 Å². The van der Waals surface area contributed by atoms with Gasteiger partial charge in [-0.3, -0.25) is 0 Å². The molecule has 2 rings (SSSR count). The summed E-state index contributed by atoms with van der Waals surface area (Å²) in [7, 11) is -0.780. The highest BCUT2D eigenvalue weighted by atomic mass is 28.4. The number of ether oxygens (including phenoxy) is 2. The van der Waals surface area contributed by atoms with E-state index in [0.29, 0.717) is 13.0 Å². The van der Waals surface area contributed by atoms with E-state index in [1.54, 1.807) is 14.0 Å². The van der Waals surface area contributed by atoms with Gasteiger partial charge in [0, 0.05) is 30.0 Å². The lowest BCUT2D eigenvalue weighted by Crippen LogP contribution is -2.67. The summed E-state index contributed by atoms with van der Waals surface area (Å²) in [6, 6.07) is 0. The molecule has 2 heterocycles.